The normalized spacial score (nSPS) is 12.1. The molecule has 1 N–H and O–H groups in total. The van der Waals surface area contributed by atoms with E-state index in [0.717, 1.165) is 35.0 Å². The lowest BCUT2D eigenvalue weighted by molar-refractivity contribution is 0.591. The molecular weight excluding hydrogens is 234 g/mol. The summed E-state index contributed by atoms with van der Waals surface area (Å²) < 4.78 is 0. The molecule has 102 valence electrons. The molecule has 0 atom stereocenters. The average Bonchev–Trinajstić information content (AvgIpc) is 2.37. The molecule has 19 heavy (non-hydrogen) atoms. The Morgan fingerprint density at radius 2 is 1.79 bits per heavy atom. The van der Waals surface area contributed by atoms with Crippen molar-refractivity contribution in [3.05, 3.63) is 45.2 Å². The van der Waals surface area contributed by atoms with Crippen molar-refractivity contribution in [1.29, 1.82) is 0 Å². The first kappa shape index (κ1) is 13.9. The summed E-state index contributed by atoms with van der Waals surface area (Å²) in [5, 5.41) is 0.821. The summed E-state index contributed by atoms with van der Waals surface area (Å²) >= 11 is 0. The van der Waals surface area contributed by atoms with Crippen molar-refractivity contribution < 1.29 is 0 Å². The number of rotatable bonds is 2. The topological polar surface area (TPSA) is 32.9 Å². The van der Waals surface area contributed by atoms with Crippen molar-refractivity contribution in [3.8, 4) is 0 Å². The summed E-state index contributed by atoms with van der Waals surface area (Å²) in [6.45, 7) is 10.6. The number of fused-ring (bicyclic) bond motifs is 1. The molecule has 0 aliphatic heterocycles. The van der Waals surface area contributed by atoms with Crippen LogP contribution in [0.4, 0.5) is 0 Å². The van der Waals surface area contributed by atoms with Gasteiger partial charge in [-0.25, -0.2) is 0 Å². The van der Waals surface area contributed by atoms with E-state index in [0.29, 0.717) is 0 Å². The highest BCUT2D eigenvalue weighted by Crippen LogP contribution is 2.25. The van der Waals surface area contributed by atoms with Gasteiger partial charge in [0.15, 0.2) is 5.43 Å². The van der Waals surface area contributed by atoms with E-state index in [2.05, 4.69) is 38.7 Å². The van der Waals surface area contributed by atoms with Gasteiger partial charge in [-0.15, -0.1) is 0 Å². The van der Waals surface area contributed by atoms with Crippen molar-refractivity contribution in [3.63, 3.8) is 0 Å². The Kier molecular flexibility index (Phi) is 3.53. The van der Waals surface area contributed by atoms with Crippen LogP contribution in [0.25, 0.3) is 10.9 Å². The van der Waals surface area contributed by atoms with Gasteiger partial charge in [0.05, 0.1) is 0 Å². The summed E-state index contributed by atoms with van der Waals surface area (Å²) in [5.74, 6) is 0. The van der Waals surface area contributed by atoms with E-state index < -0.39 is 0 Å². The average molecular weight is 257 g/mol. The van der Waals surface area contributed by atoms with E-state index in [1.54, 1.807) is 0 Å². The van der Waals surface area contributed by atoms with Gasteiger partial charge in [0.1, 0.15) is 0 Å². The van der Waals surface area contributed by atoms with Crippen LogP contribution in [-0.4, -0.2) is 4.98 Å². The monoisotopic (exact) mass is 257 g/mol. The molecule has 2 nitrogen and oxygen atoms in total. The molecule has 0 saturated heterocycles. The third-order valence-electron chi connectivity index (χ3n) is 3.76. The molecule has 0 unspecified atom stereocenters. The van der Waals surface area contributed by atoms with Crippen LogP contribution >= 0.6 is 0 Å². The lowest BCUT2D eigenvalue weighted by atomic mass is 9.86. The number of benzene rings is 1. The van der Waals surface area contributed by atoms with Crippen LogP contribution in [0.1, 0.15) is 51.4 Å². The van der Waals surface area contributed by atoms with E-state index in [1.807, 2.05) is 19.1 Å². The molecule has 2 heteroatoms. The van der Waals surface area contributed by atoms with Crippen LogP contribution < -0.4 is 5.43 Å². The summed E-state index contributed by atoms with van der Waals surface area (Å²) in [5.41, 5.74) is 4.42. The predicted molar refractivity (Wildman–Crippen MR) is 82.0 cm³/mol. The van der Waals surface area contributed by atoms with Crippen molar-refractivity contribution in [2.45, 2.75) is 52.9 Å². The molecule has 0 spiro atoms. The smallest absolute Gasteiger partial charge is 0.192 e. The Hall–Kier alpha value is -1.57. The van der Waals surface area contributed by atoms with E-state index in [-0.39, 0.29) is 10.8 Å². The number of aromatic amines is 1. The fourth-order valence-electron chi connectivity index (χ4n) is 2.52. The number of H-pyrrole nitrogens is 1. The molecule has 1 aromatic carbocycles. The predicted octanol–water partition coefficient (Wildman–Crippen LogP) is 3.95. The molecule has 0 saturated carbocycles. The maximum Gasteiger partial charge on any atom is 0.192 e. The summed E-state index contributed by atoms with van der Waals surface area (Å²) in [6.07, 6.45) is 1.66. The summed E-state index contributed by atoms with van der Waals surface area (Å²) in [4.78, 5) is 16.0. The molecule has 2 rings (SSSR count). The van der Waals surface area contributed by atoms with Crippen molar-refractivity contribution in [1.82, 2.24) is 4.98 Å². The molecule has 0 aliphatic carbocycles. The Bertz CT molecular complexity index is 659. The van der Waals surface area contributed by atoms with Gasteiger partial charge >= 0.3 is 0 Å². The number of hydrogen-bond donors (Lipinski definition) is 1. The van der Waals surface area contributed by atoms with Crippen molar-refractivity contribution in [2.75, 3.05) is 0 Å². The molecule has 0 bridgehead atoms. The largest absolute Gasteiger partial charge is 0.358 e. The fourth-order valence-corrected chi connectivity index (χ4v) is 2.52. The standard InChI is InChI=1S/C17H23NO/c1-6-12-14(7-2)18-15-9-8-11(17(3,4)5)10-13(15)16(12)19/h8-10H,6-7H2,1-5H3,(H,18,19). The van der Waals surface area contributed by atoms with E-state index >= 15 is 0 Å². The van der Waals surface area contributed by atoms with Crippen molar-refractivity contribution >= 4 is 10.9 Å². The molecule has 1 aromatic heterocycles. The number of aromatic nitrogens is 1. The highest BCUT2D eigenvalue weighted by Gasteiger charge is 2.16. The zero-order valence-corrected chi connectivity index (χ0v) is 12.6. The Morgan fingerprint density at radius 3 is 2.32 bits per heavy atom. The third kappa shape index (κ3) is 2.44. The molecule has 0 aliphatic rings. The molecular formula is C17H23NO. The number of hydrogen-bond acceptors (Lipinski definition) is 1. The quantitative estimate of drug-likeness (QED) is 0.868. The highest BCUT2D eigenvalue weighted by molar-refractivity contribution is 5.80. The zero-order chi connectivity index (χ0) is 14.2. The molecule has 0 radical (unpaired) electrons. The number of pyridine rings is 1. The Balaban J connectivity index is 2.80. The van der Waals surface area contributed by atoms with Crippen LogP contribution in [0.2, 0.25) is 0 Å². The lowest BCUT2D eigenvalue weighted by Gasteiger charge is -2.19. The Morgan fingerprint density at radius 1 is 1.11 bits per heavy atom. The van der Waals surface area contributed by atoms with Crippen LogP contribution in [0, 0.1) is 0 Å². The van der Waals surface area contributed by atoms with Gasteiger partial charge < -0.3 is 4.98 Å². The van der Waals surface area contributed by atoms with Gasteiger partial charge in [0.25, 0.3) is 0 Å². The van der Waals surface area contributed by atoms with Crippen LogP contribution in [0.5, 0.6) is 0 Å². The van der Waals surface area contributed by atoms with Crippen LogP contribution in [-0.2, 0) is 18.3 Å². The van der Waals surface area contributed by atoms with Gasteiger partial charge in [-0.2, -0.15) is 0 Å². The van der Waals surface area contributed by atoms with E-state index in [9.17, 15) is 4.79 Å². The number of nitrogens with one attached hydrogen (secondary N) is 1. The van der Waals surface area contributed by atoms with Gasteiger partial charge in [-0.3, -0.25) is 4.79 Å². The van der Waals surface area contributed by atoms with Crippen LogP contribution in [0.3, 0.4) is 0 Å². The van der Waals surface area contributed by atoms with Crippen LogP contribution in [0.15, 0.2) is 23.0 Å². The first-order chi connectivity index (χ1) is 8.88. The SMILES string of the molecule is CCc1[nH]c2ccc(C(C)(C)C)cc2c(=O)c1CC. The van der Waals surface area contributed by atoms with E-state index in [1.165, 1.54) is 5.56 Å². The molecule has 2 aromatic rings. The molecule has 0 fully saturated rings. The second-order valence-electron chi connectivity index (χ2n) is 6.13. The minimum absolute atomic E-state index is 0.0659. The second-order valence-corrected chi connectivity index (χ2v) is 6.13. The molecule has 1 heterocycles. The summed E-state index contributed by atoms with van der Waals surface area (Å²) in [7, 11) is 0. The van der Waals surface area contributed by atoms with Gasteiger partial charge in [0, 0.05) is 22.2 Å². The number of aryl methyl sites for hydroxylation is 1. The Labute approximate surface area is 114 Å². The first-order valence-corrected chi connectivity index (χ1v) is 7.06. The van der Waals surface area contributed by atoms with E-state index in [4.69, 9.17) is 0 Å². The van der Waals surface area contributed by atoms with Gasteiger partial charge in [-0.05, 0) is 36.0 Å². The maximum absolute atomic E-state index is 12.6. The lowest BCUT2D eigenvalue weighted by Crippen LogP contribution is -2.16. The minimum Gasteiger partial charge on any atom is -0.358 e. The van der Waals surface area contributed by atoms with Gasteiger partial charge in [-0.1, -0.05) is 40.7 Å². The fraction of sp³-hybridized carbons (Fsp3) is 0.471. The first-order valence-electron chi connectivity index (χ1n) is 7.06. The van der Waals surface area contributed by atoms with Gasteiger partial charge in [0.2, 0.25) is 0 Å². The summed E-state index contributed by atoms with van der Waals surface area (Å²) in [6, 6.07) is 6.20. The maximum atomic E-state index is 12.6. The zero-order valence-electron chi connectivity index (χ0n) is 12.6. The highest BCUT2D eigenvalue weighted by atomic mass is 16.1. The van der Waals surface area contributed by atoms with Crippen molar-refractivity contribution in [2.24, 2.45) is 0 Å². The minimum atomic E-state index is 0.0659. The molecule has 0 amide bonds. The second kappa shape index (κ2) is 4.84. The third-order valence-corrected chi connectivity index (χ3v) is 3.76.